The monoisotopic (exact) mass is 360 g/mol. The SMILES string of the molecule is O=C(NCC(O)c1ccc(Cl)cc1Cl)Nc1ccc(F)cc1F. The maximum atomic E-state index is 13.4. The molecule has 0 saturated carbocycles. The van der Waals surface area contributed by atoms with Crippen LogP contribution in [0, 0.1) is 11.6 Å². The number of nitrogens with one attached hydrogen (secondary N) is 2. The van der Waals surface area contributed by atoms with Gasteiger partial charge in [0.2, 0.25) is 0 Å². The van der Waals surface area contributed by atoms with Gasteiger partial charge < -0.3 is 15.7 Å². The largest absolute Gasteiger partial charge is 0.387 e. The highest BCUT2D eigenvalue weighted by Gasteiger charge is 2.14. The van der Waals surface area contributed by atoms with Crippen molar-refractivity contribution in [2.75, 3.05) is 11.9 Å². The summed E-state index contributed by atoms with van der Waals surface area (Å²) >= 11 is 11.7. The second-order valence-electron chi connectivity index (χ2n) is 4.64. The Morgan fingerprint density at radius 2 is 1.91 bits per heavy atom. The maximum absolute atomic E-state index is 13.4. The van der Waals surface area contributed by atoms with Gasteiger partial charge >= 0.3 is 6.03 Å². The van der Waals surface area contributed by atoms with Crippen molar-refractivity contribution in [3.63, 3.8) is 0 Å². The lowest BCUT2D eigenvalue weighted by molar-refractivity contribution is 0.175. The molecule has 3 N–H and O–H groups in total. The smallest absolute Gasteiger partial charge is 0.319 e. The predicted molar refractivity (Wildman–Crippen MR) is 84.8 cm³/mol. The van der Waals surface area contributed by atoms with Crippen LogP contribution >= 0.6 is 23.2 Å². The molecule has 2 aromatic rings. The van der Waals surface area contributed by atoms with Gasteiger partial charge in [0.15, 0.2) is 0 Å². The Balaban J connectivity index is 1.93. The molecule has 0 heterocycles. The van der Waals surface area contributed by atoms with Gasteiger partial charge in [-0.2, -0.15) is 0 Å². The van der Waals surface area contributed by atoms with E-state index in [0.717, 1.165) is 12.1 Å². The number of hydrogen-bond acceptors (Lipinski definition) is 2. The Morgan fingerprint density at radius 1 is 1.17 bits per heavy atom. The molecule has 122 valence electrons. The van der Waals surface area contributed by atoms with Crippen LogP contribution in [-0.4, -0.2) is 17.7 Å². The molecule has 0 fully saturated rings. The summed E-state index contributed by atoms with van der Waals surface area (Å²) in [5.41, 5.74) is 0.215. The summed E-state index contributed by atoms with van der Waals surface area (Å²) in [6.07, 6.45) is -1.07. The van der Waals surface area contributed by atoms with Crippen molar-refractivity contribution in [3.8, 4) is 0 Å². The van der Waals surface area contributed by atoms with Crippen molar-refractivity contribution in [1.82, 2.24) is 5.32 Å². The molecule has 23 heavy (non-hydrogen) atoms. The highest BCUT2D eigenvalue weighted by Crippen LogP contribution is 2.26. The van der Waals surface area contributed by atoms with E-state index in [0.29, 0.717) is 16.7 Å². The van der Waals surface area contributed by atoms with E-state index < -0.39 is 23.8 Å². The number of carbonyl (C=O) groups excluding carboxylic acids is 1. The summed E-state index contributed by atoms with van der Waals surface area (Å²) in [5, 5.41) is 15.3. The summed E-state index contributed by atoms with van der Waals surface area (Å²) in [4.78, 5) is 11.7. The number of hydrogen-bond donors (Lipinski definition) is 3. The molecule has 0 bridgehead atoms. The van der Waals surface area contributed by atoms with Gasteiger partial charge in [0.05, 0.1) is 11.8 Å². The Labute approximate surface area is 141 Å². The third kappa shape index (κ3) is 4.79. The molecular weight excluding hydrogens is 349 g/mol. The number of aliphatic hydroxyl groups is 1. The first-order chi connectivity index (χ1) is 10.9. The first-order valence-electron chi connectivity index (χ1n) is 6.49. The number of carbonyl (C=O) groups is 1. The van der Waals surface area contributed by atoms with Gasteiger partial charge in [-0.25, -0.2) is 13.6 Å². The Hall–Kier alpha value is -1.89. The van der Waals surface area contributed by atoms with Crippen LogP contribution in [0.1, 0.15) is 11.7 Å². The Kier molecular flexibility index (Phi) is 5.76. The molecule has 2 rings (SSSR count). The first kappa shape index (κ1) is 17.5. The van der Waals surface area contributed by atoms with Crippen LogP contribution in [-0.2, 0) is 0 Å². The molecule has 2 aromatic carbocycles. The van der Waals surface area contributed by atoms with E-state index in [1.165, 1.54) is 12.1 Å². The number of aliphatic hydroxyl groups excluding tert-OH is 1. The summed E-state index contributed by atoms with van der Waals surface area (Å²) in [7, 11) is 0. The molecule has 0 aliphatic carbocycles. The Morgan fingerprint density at radius 3 is 2.57 bits per heavy atom. The molecule has 0 spiro atoms. The molecule has 1 unspecified atom stereocenters. The van der Waals surface area contributed by atoms with Crippen molar-refractivity contribution in [3.05, 3.63) is 63.6 Å². The van der Waals surface area contributed by atoms with Crippen molar-refractivity contribution in [2.45, 2.75) is 6.10 Å². The minimum atomic E-state index is -1.07. The van der Waals surface area contributed by atoms with Gasteiger partial charge in [0, 0.05) is 28.2 Å². The molecule has 0 radical (unpaired) electrons. The quantitative estimate of drug-likeness (QED) is 0.767. The first-order valence-corrected chi connectivity index (χ1v) is 7.25. The second kappa shape index (κ2) is 7.59. The summed E-state index contributed by atoms with van der Waals surface area (Å²) in [6, 6.07) is 6.57. The van der Waals surface area contributed by atoms with Gasteiger partial charge in [0.1, 0.15) is 11.6 Å². The fourth-order valence-electron chi connectivity index (χ4n) is 1.83. The number of rotatable bonds is 4. The fraction of sp³-hybridized carbons (Fsp3) is 0.133. The van der Waals surface area contributed by atoms with Gasteiger partial charge in [-0.05, 0) is 24.3 Å². The van der Waals surface area contributed by atoms with Crippen LogP contribution in [0.2, 0.25) is 10.0 Å². The number of urea groups is 1. The van der Waals surface area contributed by atoms with Crippen LogP contribution in [0.15, 0.2) is 36.4 Å². The Bertz CT molecular complexity index is 729. The van der Waals surface area contributed by atoms with E-state index in [2.05, 4.69) is 10.6 Å². The zero-order valence-electron chi connectivity index (χ0n) is 11.6. The van der Waals surface area contributed by atoms with Crippen LogP contribution in [0.5, 0.6) is 0 Å². The van der Waals surface area contributed by atoms with E-state index in [9.17, 15) is 18.7 Å². The molecule has 8 heteroatoms. The molecule has 0 saturated heterocycles. The van der Waals surface area contributed by atoms with Crippen LogP contribution in [0.3, 0.4) is 0 Å². The van der Waals surface area contributed by atoms with Crippen molar-refractivity contribution in [2.24, 2.45) is 0 Å². The molecule has 0 aliphatic heterocycles. The van der Waals surface area contributed by atoms with E-state index >= 15 is 0 Å². The molecular formula is C15H12Cl2F2N2O2. The second-order valence-corrected chi connectivity index (χ2v) is 5.48. The highest BCUT2D eigenvalue weighted by molar-refractivity contribution is 6.35. The lowest BCUT2D eigenvalue weighted by atomic mass is 10.1. The summed E-state index contributed by atoms with van der Waals surface area (Å²) < 4.78 is 26.2. The molecule has 0 aliphatic rings. The topological polar surface area (TPSA) is 61.4 Å². The maximum Gasteiger partial charge on any atom is 0.319 e. The summed E-state index contributed by atoms with van der Waals surface area (Å²) in [5.74, 6) is -1.65. The van der Waals surface area contributed by atoms with Gasteiger partial charge in [-0.15, -0.1) is 0 Å². The van der Waals surface area contributed by atoms with E-state index in [1.54, 1.807) is 6.07 Å². The number of anilines is 1. The lowest BCUT2D eigenvalue weighted by Crippen LogP contribution is -2.32. The summed E-state index contributed by atoms with van der Waals surface area (Å²) in [6.45, 7) is -0.157. The van der Waals surface area contributed by atoms with E-state index in [1.807, 2.05) is 0 Å². The van der Waals surface area contributed by atoms with Crippen molar-refractivity contribution in [1.29, 1.82) is 0 Å². The zero-order chi connectivity index (χ0) is 17.0. The molecule has 1 atom stereocenters. The average molecular weight is 361 g/mol. The fourth-order valence-corrected chi connectivity index (χ4v) is 2.36. The minimum Gasteiger partial charge on any atom is -0.387 e. The minimum absolute atomic E-state index is 0.157. The lowest BCUT2D eigenvalue weighted by Gasteiger charge is -2.14. The van der Waals surface area contributed by atoms with Gasteiger partial charge in [-0.1, -0.05) is 29.3 Å². The molecule has 2 amide bonds. The predicted octanol–water partition coefficient (Wildman–Crippen LogP) is 4.13. The standard InChI is InChI=1S/C15H12Cl2F2N2O2/c16-8-1-3-10(11(17)5-8)14(22)7-20-15(23)21-13-4-2-9(18)6-12(13)19/h1-6,14,22H,7H2,(H2,20,21,23). The number of benzene rings is 2. The normalized spacial score (nSPS) is 11.9. The molecule has 4 nitrogen and oxygen atoms in total. The van der Waals surface area contributed by atoms with E-state index in [-0.39, 0.29) is 17.3 Å². The zero-order valence-corrected chi connectivity index (χ0v) is 13.1. The highest BCUT2D eigenvalue weighted by atomic mass is 35.5. The average Bonchev–Trinajstić information content (AvgIpc) is 2.48. The van der Waals surface area contributed by atoms with Crippen molar-refractivity contribution < 1.29 is 18.7 Å². The van der Waals surface area contributed by atoms with Crippen molar-refractivity contribution >= 4 is 34.9 Å². The number of amides is 2. The van der Waals surface area contributed by atoms with Crippen LogP contribution in [0.4, 0.5) is 19.3 Å². The third-order valence-corrected chi connectivity index (χ3v) is 3.52. The third-order valence-electron chi connectivity index (χ3n) is 2.96. The van der Waals surface area contributed by atoms with Crippen LogP contribution in [0.25, 0.3) is 0 Å². The van der Waals surface area contributed by atoms with Gasteiger partial charge in [0.25, 0.3) is 0 Å². The van der Waals surface area contributed by atoms with Crippen LogP contribution < -0.4 is 10.6 Å². The van der Waals surface area contributed by atoms with E-state index in [4.69, 9.17) is 23.2 Å². The molecule has 0 aromatic heterocycles. The van der Waals surface area contributed by atoms with Gasteiger partial charge in [-0.3, -0.25) is 0 Å². The number of halogens is 4.